The Balaban J connectivity index is 1.60. The molecule has 3 amide bonds. The number of ether oxygens (including phenoxy) is 2. The number of likely N-dealkylation sites (tertiary alicyclic amines) is 1. The summed E-state index contributed by atoms with van der Waals surface area (Å²) >= 11 is 0. The molecule has 1 aromatic carbocycles. The van der Waals surface area contributed by atoms with Gasteiger partial charge in [0.1, 0.15) is 17.4 Å². The summed E-state index contributed by atoms with van der Waals surface area (Å²) in [4.78, 5) is 40.2. The average Bonchev–Trinajstić information content (AvgIpc) is 3.40. The van der Waals surface area contributed by atoms with E-state index in [9.17, 15) is 14.4 Å². The van der Waals surface area contributed by atoms with Gasteiger partial charge in [-0.1, -0.05) is 30.2 Å². The zero-order valence-electron chi connectivity index (χ0n) is 16.8. The van der Waals surface area contributed by atoms with Crippen LogP contribution in [-0.2, 0) is 25.7 Å². The smallest absolute Gasteiger partial charge is 0.246 e. The van der Waals surface area contributed by atoms with E-state index in [0.717, 1.165) is 11.3 Å². The van der Waals surface area contributed by atoms with Crippen LogP contribution in [0.25, 0.3) is 0 Å². The maximum Gasteiger partial charge on any atom is 0.246 e. The topological polar surface area (TPSA) is 97.0 Å². The predicted molar refractivity (Wildman–Crippen MR) is 107 cm³/mol. The van der Waals surface area contributed by atoms with Crippen molar-refractivity contribution >= 4 is 17.7 Å². The van der Waals surface area contributed by atoms with Crippen molar-refractivity contribution in [3.8, 4) is 18.1 Å². The summed E-state index contributed by atoms with van der Waals surface area (Å²) in [5.74, 6) is 0.697. The molecule has 2 bridgehead atoms. The summed E-state index contributed by atoms with van der Waals surface area (Å²) < 4.78 is 11.2. The Morgan fingerprint density at radius 2 is 2.03 bits per heavy atom. The van der Waals surface area contributed by atoms with Gasteiger partial charge in [0.05, 0.1) is 31.6 Å². The highest BCUT2D eigenvalue weighted by Gasteiger charge is 2.72. The fourth-order valence-corrected chi connectivity index (χ4v) is 4.73. The largest absolute Gasteiger partial charge is 0.497 e. The number of terminal acetylenes is 1. The molecule has 4 rings (SSSR count). The van der Waals surface area contributed by atoms with Crippen LogP contribution >= 0.6 is 0 Å². The maximum atomic E-state index is 13.2. The maximum absolute atomic E-state index is 13.2. The molecule has 156 valence electrons. The number of rotatable bonds is 6. The first-order valence-corrected chi connectivity index (χ1v) is 9.70. The number of hydrogen-bond donors (Lipinski definition) is 2. The molecule has 2 fully saturated rings. The van der Waals surface area contributed by atoms with Crippen LogP contribution in [0, 0.1) is 24.2 Å². The van der Waals surface area contributed by atoms with Crippen molar-refractivity contribution in [1.82, 2.24) is 15.5 Å². The second kappa shape index (κ2) is 7.50. The minimum absolute atomic E-state index is 0.0416. The molecule has 30 heavy (non-hydrogen) atoms. The molecule has 2 N–H and O–H groups in total. The van der Waals surface area contributed by atoms with Gasteiger partial charge in [-0.25, -0.2) is 0 Å². The van der Waals surface area contributed by atoms with Gasteiger partial charge < -0.3 is 25.0 Å². The number of benzene rings is 1. The van der Waals surface area contributed by atoms with Crippen LogP contribution in [-0.4, -0.2) is 61.1 Å². The molecule has 0 radical (unpaired) electrons. The molecule has 2 saturated heterocycles. The molecular weight excluding hydrogens is 386 g/mol. The van der Waals surface area contributed by atoms with Gasteiger partial charge in [-0.2, -0.15) is 0 Å². The number of nitrogens with zero attached hydrogens (tertiary/aromatic N) is 1. The highest BCUT2D eigenvalue weighted by atomic mass is 16.5. The molecule has 3 heterocycles. The first-order chi connectivity index (χ1) is 14.5. The van der Waals surface area contributed by atoms with Gasteiger partial charge in [0.15, 0.2) is 0 Å². The SMILES string of the molecule is C#CCN1C(=O)[C@H]2[C@H](C(=O)NC)[C@H]3C=C[C@]2(O3)[C@H]1C(=O)NCc1ccc(OC)cc1. The summed E-state index contributed by atoms with van der Waals surface area (Å²) in [6.07, 6.45) is 8.43. The molecule has 0 aromatic heterocycles. The lowest BCUT2D eigenvalue weighted by atomic mass is 9.74. The summed E-state index contributed by atoms with van der Waals surface area (Å²) in [5, 5.41) is 5.47. The van der Waals surface area contributed by atoms with Gasteiger partial charge in [-0.3, -0.25) is 14.4 Å². The minimum Gasteiger partial charge on any atom is -0.497 e. The molecule has 8 heteroatoms. The van der Waals surface area contributed by atoms with Gasteiger partial charge in [-0.05, 0) is 17.7 Å². The van der Waals surface area contributed by atoms with Gasteiger partial charge in [0.25, 0.3) is 0 Å². The fraction of sp³-hybridized carbons (Fsp3) is 0.409. The summed E-state index contributed by atoms with van der Waals surface area (Å²) in [6, 6.07) is 6.35. The number of methoxy groups -OCH3 is 1. The molecule has 3 aliphatic heterocycles. The number of fused-ring (bicyclic) bond motifs is 1. The molecular formula is C22H23N3O5. The van der Waals surface area contributed by atoms with Crippen molar-refractivity contribution in [2.45, 2.75) is 24.3 Å². The Morgan fingerprint density at radius 3 is 2.67 bits per heavy atom. The van der Waals surface area contributed by atoms with Crippen LogP contribution in [0.1, 0.15) is 5.56 Å². The number of nitrogens with one attached hydrogen (secondary N) is 2. The predicted octanol–water partition coefficient (Wildman–Crippen LogP) is -0.159. The van der Waals surface area contributed by atoms with E-state index < -0.39 is 29.6 Å². The molecule has 3 aliphatic rings. The van der Waals surface area contributed by atoms with Crippen LogP contribution in [0.15, 0.2) is 36.4 Å². The Kier molecular flexibility index (Phi) is 5.00. The molecule has 5 atom stereocenters. The zero-order valence-corrected chi connectivity index (χ0v) is 16.8. The molecule has 0 saturated carbocycles. The van der Waals surface area contributed by atoms with E-state index in [1.54, 1.807) is 31.4 Å². The van der Waals surface area contributed by atoms with Crippen molar-refractivity contribution in [1.29, 1.82) is 0 Å². The number of amides is 3. The quantitative estimate of drug-likeness (QED) is 0.503. The Labute approximate surface area is 174 Å². The van der Waals surface area contributed by atoms with E-state index in [1.165, 1.54) is 11.9 Å². The third-order valence-electron chi connectivity index (χ3n) is 6.06. The van der Waals surface area contributed by atoms with E-state index in [0.29, 0.717) is 0 Å². The van der Waals surface area contributed by atoms with E-state index in [1.807, 2.05) is 12.1 Å². The highest BCUT2D eigenvalue weighted by Crippen LogP contribution is 2.54. The highest BCUT2D eigenvalue weighted by molar-refractivity contribution is 5.99. The van der Waals surface area contributed by atoms with Crippen molar-refractivity contribution in [2.75, 3.05) is 20.7 Å². The summed E-state index contributed by atoms with van der Waals surface area (Å²) in [6.45, 7) is 0.226. The van der Waals surface area contributed by atoms with Crippen LogP contribution in [0.4, 0.5) is 0 Å². The third kappa shape index (κ3) is 2.85. The van der Waals surface area contributed by atoms with Gasteiger partial charge in [0, 0.05) is 13.6 Å². The van der Waals surface area contributed by atoms with Gasteiger partial charge in [-0.15, -0.1) is 6.42 Å². The first-order valence-electron chi connectivity index (χ1n) is 9.70. The van der Waals surface area contributed by atoms with Crippen molar-refractivity contribution in [2.24, 2.45) is 11.8 Å². The standard InChI is InChI=1S/C22H23N3O5/c1-4-11-25-18(20(27)24-12-13-5-7-14(29-3)8-6-13)22-10-9-15(30-22)16(19(26)23-2)17(22)21(25)28/h1,5-10,15-18H,11-12H2,2-3H3,(H,23,26)(H,24,27)/t15-,16-,17-,18-,22-/m1/s1. The van der Waals surface area contributed by atoms with Gasteiger partial charge in [0.2, 0.25) is 17.7 Å². The van der Waals surface area contributed by atoms with Crippen LogP contribution in [0.5, 0.6) is 5.75 Å². The number of hydrogen-bond acceptors (Lipinski definition) is 5. The molecule has 0 aliphatic carbocycles. The van der Waals surface area contributed by atoms with Crippen LogP contribution < -0.4 is 15.4 Å². The van der Waals surface area contributed by atoms with Gasteiger partial charge >= 0.3 is 0 Å². The molecule has 0 unspecified atom stereocenters. The zero-order chi connectivity index (χ0) is 21.5. The number of carbonyl (C=O) groups is 3. The van der Waals surface area contributed by atoms with Crippen molar-refractivity contribution < 1.29 is 23.9 Å². The second-order valence-electron chi connectivity index (χ2n) is 7.55. The van der Waals surface area contributed by atoms with E-state index in [4.69, 9.17) is 15.9 Å². The molecule has 1 aromatic rings. The fourth-order valence-electron chi connectivity index (χ4n) is 4.73. The monoisotopic (exact) mass is 409 g/mol. The molecule has 1 spiro atoms. The Morgan fingerprint density at radius 1 is 1.30 bits per heavy atom. The lowest BCUT2D eigenvalue weighted by Crippen LogP contribution is -2.54. The Hall–Kier alpha value is -3.31. The lowest BCUT2D eigenvalue weighted by molar-refractivity contribution is -0.141. The minimum atomic E-state index is -1.19. The van der Waals surface area contributed by atoms with Crippen LogP contribution in [0.3, 0.4) is 0 Å². The Bertz CT molecular complexity index is 951. The average molecular weight is 409 g/mol. The van der Waals surface area contributed by atoms with Crippen molar-refractivity contribution in [3.63, 3.8) is 0 Å². The normalized spacial score (nSPS) is 30.7. The molecule has 8 nitrogen and oxygen atoms in total. The van der Waals surface area contributed by atoms with E-state index >= 15 is 0 Å². The third-order valence-corrected chi connectivity index (χ3v) is 6.06. The van der Waals surface area contributed by atoms with E-state index in [2.05, 4.69) is 16.6 Å². The first kappa shape index (κ1) is 20.0. The van der Waals surface area contributed by atoms with Crippen LogP contribution in [0.2, 0.25) is 0 Å². The number of carbonyl (C=O) groups excluding carboxylic acids is 3. The van der Waals surface area contributed by atoms with Crippen molar-refractivity contribution in [3.05, 3.63) is 42.0 Å². The summed E-state index contributed by atoms with van der Waals surface area (Å²) in [5.41, 5.74) is -0.318. The lowest BCUT2D eigenvalue weighted by Gasteiger charge is -2.31. The second-order valence-corrected chi connectivity index (χ2v) is 7.55. The summed E-state index contributed by atoms with van der Waals surface area (Å²) in [7, 11) is 3.10. The van der Waals surface area contributed by atoms with E-state index in [-0.39, 0.29) is 30.8 Å².